The number of anilines is 1. The lowest BCUT2D eigenvalue weighted by Crippen LogP contribution is -2.40. The van der Waals surface area contributed by atoms with E-state index in [-0.39, 0.29) is 0 Å². The van der Waals surface area contributed by atoms with E-state index in [1.165, 1.54) is 14.1 Å². The molecule has 0 saturated carbocycles. The van der Waals surface area contributed by atoms with Crippen molar-refractivity contribution in [2.75, 3.05) is 4.72 Å². The summed E-state index contributed by atoms with van der Waals surface area (Å²) in [5.41, 5.74) is -0.409. The van der Waals surface area contributed by atoms with Gasteiger partial charge in [0, 0.05) is 24.8 Å². The summed E-state index contributed by atoms with van der Waals surface area (Å²) in [6.07, 6.45) is 1.02. The quantitative estimate of drug-likeness (QED) is 0.848. The van der Waals surface area contributed by atoms with Crippen LogP contribution < -0.4 is 16.0 Å². The van der Waals surface area contributed by atoms with Gasteiger partial charge in [0.25, 0.3) is 15.6 Å². The van der Waals surface area contributed by atoms with E-state index >= 15 is 0 Å². The molecule has 0 aliphatic rings. The molecule has 0 spiro atoms. The average Bonchev–Trinajstić information content (AvgIpc) is 2.43. The van der Waals surface area contributed by atoms with Gasteiger partial charge in [0.15, 0.2) is 4.90 Å². The van der Waals surface area contributed by atoms with Crippen molar-refractivity contribution in [1.29, 1.82) is 0 Å². The Kier molecular flexibility index (Phi) is 4.30. The third kappa shape index (κ3) is 3.00. The van der Waals surface area contributed by atoms with Gasteiger partial charge in [-0.25, -0.2) is 13.2 Å². The maximum atomic E-state index is 12.4. The highest BCUT2D eigenvalue weighted by atomic mass is 79.9. The van der Waals surface area contributed by atoms with E-state index in [2.05, 4.69) is 20.7 Å². The summed E-state index contributed by atoms with van der Waals surface area (Å²) in [7, 11) is -1.49. The third-order valence-corrected chi connectivity index (χ3v) is 4.98. The zero-order valence-electron chi connectivity index (χ0n) is 12.1. The van der Waals surface area contributed by atoms with Gasteiger partial charge in [-0.15, -0.1) is 0 Å². The lowest BCUT2D eigenvalue weighted by Gasteiger charge is -2.12. The topological polar surface area (TPSA) is 90.2 Å². The summed E-state index contributed by atoms with van der Waals surface area (Å²) in [5.74, 6) is 0. The van der Waals surface area contributed by atoms with E-state index in [1.54, 1.807) is 25.1 Å². The predicted octanol–water partition coefficient (Wildman–Crippen LogP) is 0.956. The smallest absolute Gasteiger partial charge is 0.302 e. The molecule has 2 rings (SSSR count). The molecule has 0 unspecified atom stereocenters. The Bertz CT molecular complexity index is 960. The van der Waals surface area contributed by atoms with Crippen LogP contribution in [0.5, 0.6) is 0 Å². The highest BCUT2D eigenvalue weighted by molar-refractivity contribution is 9.10. The molecule has 0 aliphatic carbocycles. The van der Waals surface area contributed by atoms with Crippen LogP contribution in [0.2, 0.25) is 0 Å². The van der Waals surface area contributed by atoms with Crippen LogP contribution in [0.4, 0.5) is 5.69 Å². The van der Waals surface area contributed by atoms with E-state index in [4.69, 9.17) is 0 Å². The molecule has 9 heteroatoms. The van der Waals surface area contributed by atoms with Gasteiger partial charge in [0.2, 0.25) is 0 Å². The van der Waals surface area contributed by atoms with Crippen LogP contribution in [0.3, 0.4) is 0 Å². The molecule has 1 N–H and O–H groups in total. The molecule has 0 aliphatic heterocycles. The Morgan fingerprint density at radius 2 is 1.82 bits per heavy atom. The molecule has 0 saturated heterocycles. The summed E-state index contributed by atoms with van der Waals surface area (Å²) in [6, 6.07) is 5.02. The largest absolute Gasteiger partial charge is 0.330 e. The first kappa shape index (κ1) is 16.5. The minimum absolute atomic E-state index is 0.360. The molecular weight excluding hydrogens is 374 g/mol. The number of hydrogen-bond donors (Lipinski definition) is 1. The van der Waals surface area contributed by atoms with Crippen LogP contribution >= 0.6 is 15.9 Å². The number of benzene rings is 1. The standard InChI is InChI=1S/C13H14BrN3O4S/c1-8-6-9(14)4-5-10(8)15-22(20,21)11-7-16(2)13(19)17(3)12(11)18/h4-7,15H,1-3H3. The Hall–Kier alpha value is -1.87. The summed E-state index contributed by atoms with van der Waals surface area (Å²) in [6.45, 7) is 1.74. The highest BCUT2D eigenvalue weighted by Crippen LogP contribution is 2.22. The van der Waals surface area contributed by atoms with Gasteiger partial charge >= 0.3 is 5.69 Å². The number of nitrogens with one attached hydrogen (secondary N) is 1. The molecule has 0 atom stereocenters. The molecule has 7 nitrogen and oxygen atoms in total. The van der Waals surface area contributed by atoms with Crippen molar-refractivity contribution in [2.45, 2.75) is 11.8 Å². The van der Waals surface area contributed by atoms with Crippen molar-refractivity contribution in [1.82, 2.24) is 9.13 Å². The Labute approximate surface area is 135 Å². The van der Waals surface area contributed by atoms with Gasteiger partial charge in [-0.1, -0.05) is 15.9 Å². The second-order valence-electron chi connectivity index (χ2n) is 4.82. The van der Waals surface area contributed by atoms with Gasteiger partial charge in [-0.2, -0.15) is 0 Å². The van der Waals surface area contributed by atoms with E-state index < -0.39 is 26.2 Å². The Morgan fingerprint density at radius 3 is 2.41 bits per heavy atom. The first-order valence-corrected chi connectivity index (χ1v) is 8.47. The molecule has 1 heterocycles. The van der Waals surface area contributed by atoms with Crippen molar-refractivity contribution >= 4 is 31.6 Å². The number of rotatable bonds is 3. The van der Waals surface area contributed by atoms with Crippen LogP contribution in [0, 0.1) is 6.92 Å². The molecule has 118 valence electrons. The minimum Gasteiger partial charge on any atom is -0.302 e. The SMILES string of the molecule is Cc1cc(Br)ccc1NS(=O)(=O)c1cn(C)c(=O)n(C)c1=O. The fourth-order valence-electron chi connectivity index (χ4n) is 1.90. The second kappa shape index (κ2) is 5.73. The number of aryl methyl sites for hydroxylation is 2. The molecule has 2 aromatic rings. The summed E-state index contributed by atoms with van der Waals surface area (Å²) in [5, 5.41) is 0. The van der Waals surface area contributed by atoms with Crippen LogP contribution in [0.15, 0.2) is 43.4 Å². The molecular formula is C13H14BrN3O4S. The first-order chi connectivity index (χ1) is 10.1. The van der Waals surface area contributed by atoms with Crippen molar-refractivity contribution in [3.05, 3.63) is 55.3 Å². The lowest BCUT2D eigenvalue weighted by atomic mass is 10.2. The van der Waals surface area contributed by atoms with Gasteiger partial charge in [-0.3, -0.25) is 14.1 Å². The van der Waals surface area contributed by atoms with E-state index in [1.807, 2.05) is 0 Å². The Morgan fingerprint density at radius 1 is 1.18 bits per heavy atom. The third-order valence-electron chi connectivity index (χ3n) is 3.14. The lowest BCUT2D eigenvalue weighted by molar-refractivity contribution is 0.589. The number of halogens is 1. The van der Waals surface area contributed by atoms with Crippen molar-refractivity contribution < 1.29 is 8.42 Å². The molecule has 22 heavy (non-hydrogen) atoms. The first-order valence-electron chi connectivity index (χ1n) is 6.19. The number of hydrogen-bond acceptors (Lipinski definition) is 4. The highest BCUT2D eigenvalue weighted by Gasteiger charge is 2.22. The van der Waals surface area contributed by atoms with Gasteiger partial charge in [0.1, 0.15) is 0 Å². The Balaban J connectivity index is 2.57. The number of aromatic nitrogens is 2. The average molecular weight is 388 g/mol. The number of sulfonamides is 1. The van der Waals surface area contributed by atoms with Crippen LogP contribution in [-0.2, 0) is 24.1 Å². The summed E-state index contributed by atoms with van der Waals surface area (Å²) in [4.78, 5) is 23.2. The van der Waals surface area contributed by atoms with Crippen LogP contribution in [0.1, 0.15) is 5.56 Å². The fourth-order valence-corrected chi connectivity index (χ4v) is 3.67. The molecule has 0 radical (unpaired) electrons. The van der Waals surface area contributed by atoms with E-state index in [0.717, 1.165) is 19.8 Å². The van der Waals surface area contributed by atoms with Gasteiger partial charge < -0.3 is 4.57 Å². The zero-order valence-corrected chi connectivity index (χ0v) is 14.5. The van der Waals surface area contributed by atoms with Crippen molar-refractivity contribution in [3.8, 4) is 0 Å². The monoisotopic (exact) mass is 387 g/mol. The summed E-state index contributed by atoms with van der Waals surface area (Å²) < 4.78 is 29.8. The van der Waals surface area contributed by atoms with Crippen LogP contribution in [-0.4, -0.2) is 17.6 Å². The van der Waals surface area contributed by atoms with E-state index in [0.29, 0.717) is 11.3 Å². The minimum atomic E-state index is -4.10. The van der Waals surface area contributed by atoms with Gasteiger partial charge in [-0.05, 0) is 30.7 Å². The molecule has 1 aromatic heterocycles. The van der Waals surface area contributed by atoms with Gasteiger partial charge in [0.05, 0.1) is 5.69 Å². The van der Waals surface area contributed by atoms with Crippen LogP contribution in [0.25, 0.3) is 0 Å². The zero-order chi connectivity index (χ0) is 16.7. The van der Waals surface area contributed by atoms with E-state index in [9.17, 15) is 18.0 Å². The fraction of sp³-hybridized carbons (Fsp3) is 0.231. The normalized spacial score (nSPS) is 11.5. The molecule has 0 bridgehead atoms. The maximum Gasteiger partial charge on any atom is 0.330 e. The van der Waals surface area contributed by atoms with Crippen molar-refractivity contribution in [3.63, 3.8) is 0 Å². The molecule has 0 amide bonds. The number of nitrogens with zero attached hydrogens (tertiary/aromatic N) is 2. The molecule has 0 fully saturated rings. The summed E-state index contributed by atoms with van der Waals surface area (Å²) >= 11 is 3.29. The second-order valence-corrected chi connectivity index (χ2v) is 7.38. The predicted molar refractivity (Wildman–Crippen MR) is 86.6 cm³/mol. The van der Waals surface area contributed by atoms with Crippen molar-refractivity contribution in [2.24, 2.45) is 14.1 Å². The maximum absolute atomic E-state index is 12.4. The molecule has 1 aromatic carbocycles.